The van der Waals surface area contributed by atoms with Crippen molar-refractivity contribution in [2.24, 2.45) is 11.8 Å². The van der Waals surface area contributed by atoms with Crippen LogP contribution < -0.4 is 0 Å². The molecule has 0 bridgehead atoms. The van der Waals surface area contributed by atoms with Gasteiger partial charge < -0.3 is 14.2 Å². The van der Waals surface area contributed by atoms with E-state index in [9.17, 15) is 18.0 Å². The maximum Gasteiger partial charge on any atom is 0.305 e. The fourth-order valence-electron chi connectivity index (χ4n) is 3.47. The molecule has 1 aliphatic rings. The van der Waals surface area contributed by atoms with Crippen molar-refractivity contribution in [1.29, 1.82) is 0 Å². The Morgan fingerprint density at radius 3 is 2.27 bits per heavy atom. The first-order valence-corrected chi connectivity index (χ1v) is 10.9. The summed E-state index contributed by atoms with van der Waals surface area (Å²) in [4.78, 5) is 23.1. The average Bonchev–Trinajstić information content (AvgIpc) is 2.91. The van der Waals surface area contributed by atoms with Gasteiger partial charge in [0.2, 0.25) is 6.29 Å². The van der Waals surface area contributed by atoms with Crippen molar-refractivity contribution >= 4 is 22.1 Å². The molecular weight excluding hydrogens is 412 g/mol. The summed E-state index contributed by atoms with van der Waals surface area (Å²) in [6.07, 6.45) is -0.548. The summed E-state index contributed by atoms with van der Waals surface area (Å²) >= 11 is 0. The number of carbonyl (C=O) groups excluding carboxylic acids is 2. The zero-order chi connectivity index (χ0) is 22.7. The Balaban J connectivity index is 2.36. The van der Waals surface area contributed by atoms with Gasteiger partial charge in [-0.2, -0.15) is 8.42 Å². The van der Waals surface area contributed by atoms with Crippen LogP contribution in [0.25, 0.3) is 0 Å². The average molecular weight is 441 g/mol. The third kappa shape index (κ3) is 5.08. The second-order valence-corrected chi connectivity index (χ2v) is 9.08. The van der Waals surface area contributed by atoms with Gasteiger partial charge in [-0.05, 0) is 19.1 Å². The molecule has 9 heteroatoms. The molecule has 0 spiro atoms. The Hall–Kier alpha value is -2.23. The van der Waals surface area contributed by atoms with Gasteiger partial charge in [-0.15, -0.1) is 6.58 Å². The van der Waals surface area contributed by atoms with Gasteiger partial charge in [0.1, 0.15) is 5.60 Å². The van der Waals surface area contributed by atoms with Crippen LogP contribution in [-0.4, -0.2) is 45.0 Å². The first-order chi connectivity index (χ1) is 13.9. The highest BCUT2D eigenvalue weighted by atomic mass is 32.2. The first kappa shape index (κ1) is 24.0. The van der Waals surface area contributed by atoms with E-state index in [1.807, 2.05) is 6.92 Å². The molecule has 1 saturated heterocycles. The Bertz CT molecular complexity index is 892. The van der Waals surface area contributed by atoms with E-state index in [1.54, 1.807) is 32.1 Å². The Labute approximate surface area is 177 Å². The third-order valence-electron chi connectivity index (χ3n) is 5.33. The van der Waals surface area contributed by atoms with Crippen molar-refractivity contribution in [3.05, 3.63) is 42.5 Å². The lowest BCUT2D eigenvalue weighted by Crippen LogP contribution is -2.47. The maximum atomic E-state index is 12.7. The molecule has 0 aliphatic carbocycles. The van der Waals surface area contributed by atoms with Crippen molar-refractivity contribution in [3.8, 4) is 0 Å². The largest absolute Gasteiger partial charge is 0.455 e. The Kier molecular flexibility index (Phi) is 7.44. The van der Waals surface area contributed by atoms with Gasteiger partial charge in [-0.1, -0.05) is 37.6 Å². The highest BCUT2D eigenvalue weighted by Gasteiger charge is 2.58. The van der Waals surface area contributed by atoms with Crippen LogP contribution in [0.4, 0.5) is 0 Å². The van der Waals surface area contributed by atoms with Crippen molar-refractivity contribution in [1.82, 2.24) is 0 Å². The predicted octanol–water partition coefficient (Wildman–Crippen LogP) is 2.75. The highest BCUT2D eigenvalue weighted by Crippen LogP contribution is 2.44. The molecule has 1 aliphatic heterocycles. The van der Waals surface area contributed by atoms with Gasteiger partial charge in [-0.25, -0.2) is 0 Å². The van der Waals surface area contributed by atoms with Gasteiger partial charge in [0, 0.05) is 25.7 Å². The molecule has 0 N–H and O–H groups in total. The smallest absolute Gasteiger partial charge is 0.305 e. The SMILES string of the molecule is C=C[C@H](C)[C@@]1(COS(=O)(=O)c2ccc(C)cc2)OC(OC(C)=O)[C@H](OC(C)=O)[C@@H]1C. The lowest BCUT2D eigenvalue weighted by atomic mass is 9.78. The number of esters is 2. The van der Waals surface area contributed by atoms with E-state index in [1.165, 1.54) is 26.0 Å². The van der Waals surface area contributed by atoms with Crippen molar-refractivity contribution in [3.63, 3.8) is 0 Å². The summed E-state index contributed by atoms with van der Waals surface area (Å²) in [5.41, 5.74) is -0.355. The van der Waals surface area contributed by atoms with E-state index in [-0.39, 0.29) is 11.5 Å². The van der Waals surface area contributed by atoms with Crippen LogP contribution in [0.15, 0.2) is 41.8 Å². The molecule has 1 aromatic rings. The van der Waals surface area contributed by atoms with Gasteiger partial charge >= 0.3 is 11.9 Å². The van der Waals surface area contributed by atoms with Crippen LogP contribution in [0.1, 0.15) is 33.3 Å². The van der Waals surface area contributed by atoms with E-state index in [2.05, 4.69) is 6.58 Å². The van der Waals surface area contributed by atoms with Crippen LogP contribution >= 0.6 is 0 Å². The summed E-state index contributed by atoms with van der Waals surface area (Å²) in [7, 11) is -4.08. The molecule has 30 heavy (non-hydrogen) atoms. The molecule has 1 aromatic carbocycles. The van der Waals surface area contributed by atoms with Crippen molar-refractivity contribution in [2.45, 2.75) is 57.5 Å². The van der Waals surface area contributed by atoms with E-state index >= 15 is 0 Å². The molecule has 1 unspecified atom stereocenters. The van der Waals surface area contributed by atoms with Crippen LogP contribution in [0, 0.1) is 18.8 Å². The number of ether oxygens (including phenoxy) is 3. The standard InChI is InChI=1S/C21H28O8S/c1-7-14(3)21(12-26-30(24,25)18-10-8-13(2)9-11-18)15(4)19(27-16(5)22)20(29-21)28-17(6)23/h7-11,14-15,19-20H,1,12H2,2-6H3/t14-,15-,19+,20?,21+/m0/s1. The van der Waals surface area contributed by atoms with Crippen LogP contribution in [-0.2, 0) is 38.1 Å². The molecule has 1 heterocycles. The van der Waals surface area contributed by atoms with Crippen LogP contribution in [0.3, 0.4) is 0 Å². The molecular formula is C21H28O8S. The number of hydrogen-bond acceptors (Lipinski definition) is 8. The maximum absolute atomic E-state index is 12.7. The van der Waals surface area contributed by atoms with Crippen molar-refractivity contribution < 1.29 is 36.4 Å². The number of aryl methyl sites for hydroxylation is 1. The molecule has 1 fully saturated rings. The second kappa shape index (κ2) is 9.28. The highest BCUT2D eigenvalue weighted by molar-refractivity contribution is 7.86. The summed E-state index contributed by atoms with van der Waals surface area (Å²) < 4.78 is 47.3. The molecule has 0 aromatic heterocycles. The van der Waals surface area contributed by atoms with Gasteiger partial charge in [-0.3, -0.25) is 13.8 Å². The zero-order valence-electron chi connectivity index (χ0n) is 17.8. The molecule has 166 valence electrons. The zero-order valence-corrected chi connectivity index (χ0v) is 18.6. The summed E-state index contributed by atoms with van der Waals surface area (Å²) in [6.45, 7) is 11.2. The number of hydrogen-bond donors (Lipinski definition) is 0. The van der Waals surface area contributed by atoms with E-state index < -0.39 is 51.9 Å². The number of rotatable bonds is 8. The molecule has 0 saturated carbocycles. The lowest BCUT2D eigenvalue weighted by Gasteiger charge is -2.36. The fraction of sp³-hybridized carbons (Fsp3) is 0.524. The topological polar surface area (TPSA) is 105 Å². The minimum atomic E-state index is -4.08. The Morgan fingerprint density at radius 2 is 1.77 bits per heavy atom. The second-order valence-electron chi connectivity index (χ2n) is 7.47. The monoisotopic (exact) mass is 440 g/mol. The molecule has 2 rings (SSSR count). The van der Waals surface area contributed by atoms with Gasteiger partial charge in [0.05, 0.1) is 11.5 Å². The van der Waals surface area contributed by atoms with Gasteiger partial charge in [0.15, 0.2) is 6.10 Å². The summed E-state index contributed by atoms with van der Waals surface area (Å²) in [5.74, 6) is -2.19. The molecule has 5 atom stereocenters. The Morgan fingerprint density at radius 1 is 1.20 bits per heavy atom. The third-order valence-corrected chi connectivity index (χ3v) is 6.60. The first-order valence-electron chi connectivity index (χ1n) is 9.54. The molecule has 8 nitrogen and oxygen atoms in total. The minimum Gasteiger partial charge on any atom is -0.455 e. The van der Waals surface area contributed by atoms with E-state index in [0.29, 0.717) is 0 Å². The van der Waals surface area contributed by atoms with E-state index in [4.69, 9.17) is 18.4 Å². The van der Waals surface area contributed by atoms with Gasteiger partial charge in [0.25, 0.3) is 10.1 Å². The minimum absolute atomic E-state index is 0.00762. The molecule has 0 amide bonds. The number of benzene rings is 1. The number of carbonyl (C=O) groups is 2. The normalized spacial score (nSPS) is 27.3. The summed E-state index contributed by atoms with van der Waals surface area (Å²) in [6, 6.07) is 6.24. The quantitative estimate of drug-likeness (QED) is 0.345. The van der Waals surface area contributed by atoms with E-state index in [0.717, 1.165) is 5.56 Å². The summed E-state index contributed by atoms with van der Waals surface area (Å²) in [5, 5.41) is 0. The molecule has 0 radical (unpaired) electrons. The van der Waals surface area contributed by atoms with Crippen LogP contribution in [0.2, 0.25) is 0 Å². The fourth-order valence-corrected chi connectivity index (χ4v) is 4.41. The van der Waals surface area contributed by atoms with Crippen LogP contribution in [0.5, 0.6) is 0 Å². The lowest BCUT2D eigenvalue weighted by molar-refractivity contribution is -0.211. The van der Waals surface area contributed by atoms with Crippen molar-refractivity contribution in [2.75, 3.05) is 6.61 Å². The predicted molar refractivity (Wildman–Crippen MR) is 108 cm³/mol.